The van der Waals surface area contributed by atoms with Gasteiger partial charge in [0.15, 0.2) is 17.3 Å². The number of hydrogen-bond acceptors (Lipinski definition) is 3. The highest BCUT2D eigenvalue weighted by Crippen LogP contribution is 2.21. The molecule has 0 aromatic heterocycles. The van der Waals surface area contributed by atoms with E-state index in [1.807, 2.05) is 127 Å². The molecular formula is C51H56N3O3+3. The van der Waals surface area contributed by atoms with Crippen molar-refractivity contribution in [3.8, 4) is 0 Å². The Kier molecular flexibility index (Phi) is 12.9. The van der Waals surface area contributed by atoms with Gasteiger partial charge in [0.1, 0.15) is 45.8 Å². The van der Waals surface area contributed by atoms with Crippen molar-refractivity contribution in [2.24, 2.45) is 0 Å². The highest BCUT2D eigenvalue weighted by molar-refractivity contribution is 6.10. The summed E-state index contributed by atoms with van der Waals surface area (Å²) in [4.78, 5) is 39.2. The molecule has 0 radical (unpaired) electrons. The number of likely N-dealkylation sites (N-methyl/N-ethyl adjacent to an activating group) is 3. The Hall–Kier alpha value is -5.79. The molecule has 0 fully saturated rings. The van der Waals surface area contributed by atoms with Gasteiger partial charge in [0.05, 0.1) is 35.2 Å². The molecule has 0 aliphatic carbocycles. The molecule has 0 bridgehead atoms. The molecule has 0 saturated carbocycles. The molecule has 0 aliphatic rings. The Balaban J connectivity index is 1.14. The summed E-state index contributed by atoms with van der Waals surface area (Å²) < 4.78 is 2.44. The van der Waals surface area contributed by atoms with Gasteiger partial charge in [-0.05, 0) is 0 Å². The molecule has 0 unspecified atom stereocenters. The first-order valence-corrected chi connectivity index (χ1v) is 19.8. The van der Waals surface area contributed by atoms with Crippen molar-refractivity contribution in [1.82, 2.24) is 0 Å². The molecule has 0 heterocycles. The van der Waals surface area contributed by atoms with Crippen LogP contribution in [0.3, 0.4) is 0 Å². The number of rotatable bonds is 18. The minimum Gasteiger partial charge on any atom is -0.320 e. The molecule has 6 aromatic rings. The van der Waals surface area contributed by atoms with Crippen molar-refractivity contribution >= 4 is 17.3 Å². The van der Waals surface area contributed by atoms with Crippen LogP contribution in [0.1, 0.15) is 64.5 Å². The van der Waals surface area contributed by atoms with E-state index in [0.717, 1.165) is 59.3 Å². The first kappa shape index (κ1) is 40.9. The molecule has 0 amide bonds. The highest BCUT2D eigenvalue weighted by Gasteiger charge is 2.31. The number of hydrogen-bond donors (Lipinski definition) is 0. The summed E-state index contributed by atoms with van der Waals surface area (Å²) in [5.41, 5.74) is 7.80. The zero-order valence-corrected chi connectivity index (χ0v) is 34.1. The van der Waals surface area contributed by atoms with Gasteiger partial charge in [-0.1, -0.05) is 164 Å². The average Bonchev–Trinajstić information content (AvgIpc) is 3.23. The van der Waals surface area contributed by atoms with Crippen LogP contribution in [0.4, 0.5) is 0 Å². The Bertz CT molecular complexity index is 2130. The normalized spacial score (nSPS) is 11.9. The lowest BCUT2D eigenvalue weighted by Crippen LogP contribution is -2.56. The third-order valence-electron chi connectivity index (χ3n) is 11.0. The van der Waals surface area contributed by atoms with E-state index in [2.05, 4.69) is 71.6 Å². The van der Waals surface area contributed by atoms with E-state index in [1.54, 1.807) is 0 Å². The van der Waals surface area contributed by atoms with Crippen LogP contribution in [0.5, 0.6) is 0 Å². The Morgan fingerprint density at radius 2 is 0.561 bits per heavy atom. The Morgan fingerprint density at radius 1 is 0.316 bits per heavy atom. The lowest BCUT2D eigenvalue weighted by atomic mass is 10.0. The van der Waals surface area contributed by atoms with Gasteiger partial charge in [0.2, 0.25) is 0 Å². The average molecular weight is 759 g/mol. The van der Waals surface area contributed by atoms with Crippen LogP contribution in [0, 0.1) is 0 Å². The van der Waals surface area contributed by atoms with Crippen LogP contribution in [-0.2, 0) is 19.6 Å². The largest absolute Gasteiger partial charge is 0.320 e. The molecule has 6 heteroatoms. The topological polar surface area (TPSA) is 51.2 Å². The molecule has 0 atom stereocenters. The third kappa shape index (κ3) is 11.4. The molecule has 57 heavy (non-hydrogen) atoms. The van der Waals surface area contributed by atoms with Crippen LogP contribution >= 0.6 is 0 Å². The fourth-order valence-electron chi connectivity index (χ4n) is 7.43. The van der Waals surface area contributed by atoms with Crippen molar-refractivity contribution in [1.29, 1.82) is 0 Å². The summed E-state index contributed by atoms with van der Waals surface area (Å²) in [6, 6.07) is 52.6. The fourth-order valence-corrected chi connectivity index (χ4v) is 7.43. The van der Waals surface area contributed by atoms with Crippen molar-refractivity contribution in [3.63, 3.8) is 0 Å². The SMILES string of the molecule is C[N+](C)(CC[N+](C)(CC[N+](C)(C)Cc1ccc(C(=O)c2ccccc2)cc1)Cc1ccc(C(=O)c2ccccc2)cc1)Cc1ccc(C(=O)c2ccccc2)cc1. The van der Waals surface area contributed by atoms with E-state index in [9.17, 15) is 14.4 Å². The van der Waals surface area contributed by atoms with Crippen LogP contribution in [0.15, 0.2) is 164 Å². The number of ketones is 3. The van der Waals surface area contributed by atoms with E-state index in [1.165, 1.54) is 16.7 Å². The summed E-state index contributed by atoms with van der Waals surface area (Å²) in [7, 11) is 11.5. The smallest absolute Gasteiger partial charge is 0.193 e. The number of nitrogens with zero attached hydrogens (tertiary/aromatic N) is 3. The van der Waals surface area contributed by atoms with Crippen LogP contribution < -0.4 is 0 Å². The van der Waals surface area contributed by atoms with Gasteiger partial charge in [-0.3, -0.25) is 14.4 Å². The lowest BCUT2D eigenvalue weighted by molar-refractivity contribution is -0.989. The minimum atomic E-state index is 0.0347. The molecule has 290 valence electrons. The summed E-state index contributed by atoms with van der Waals surface area (Å²) in [6.07, 6.45) is 0. The second-order valence-corrected chi connectivity index (χ2v) is 17.0. The first-order valence-electron chi connectivity index (χ1n) is 19.8. The molecule has 0 spiro atoms. The van der Waals surface area contributed by atoms with Gasteiger partial charge in [-0.15, -0.1) is 0 Å². The quantitative estimate of drug-likeness (QED) is 0.0651. The molecule has 6 nitrogen and oxygen atoms in total. The van der Waals surface area contributed by atoms with Crippen LogP contribution in [0.2, 0.25) is 0 Å². The van der Waals surface area contributed by atoms with Gasteiger partial charge >= 0.3 is 0 Å². The number of benzene rings is 6. The van der Waals surface area contributed by atoms with Crippen LogP contribution in [-0.4, -0.2) is 92.2 Å². The molecule has 6 aromatic carbocycles. The third-order valence-corrected chi connectivity index (χ3v) is 11.0. The molecular weight excluding hydrogens is 703 g/mol. The van der Waals surface area contributed by atoms with Gasteiger partial charge in [0.25, 0.3) is 0 Å². The molecule has 0 aliphatic heterocycles. The monoisotopic (exact) mass is 758 g/mol. The maximum atomic E-state index is 13.2. The zero-order valence-electron chi connectivity index (χ0n) is 34.1. The molecule has 0 saturated heterocycles. The predicted molar refractivity (Wildman–Crippen MR) is 230 cm³/mol. The Morgan fingerprint density at radius 3 is 0.842 bits per heavy atom. The predicted octanol–water partition coefficient (Wildman–Crippen LogP) is 8.88. The fraction of sp³-hybridized carbons (Fsp3) is 0.235. The van der Waals surface area contributed by atoms with E-state index in [0.29, 0.717) is 33.4 Å². The second kappa shape index (κ2) is 18.0. The van der Waals surface area contributed by atoms with E-state index in [4.69, 9.17) is 0 Å². The lowest BCUT2D eigenvalue weighted by Gasteiger charge is -2.40. The second-order valence-electron chi connectivity index (χ2n) is 17.0. The van der Waals surface area contributed by atoms with E-state index < -0.39 is 0 Å². The number of quaternary nitrogens is 3. The van der Waals surface area contributed by atoms with Gasteiger partial charge in [0, 0.05) is 50.1 Å². The summed E-state index contributed by atoms with van der Waals surface area (Å²) in [5, 5.41) is 0. The van der Waals surface area contributed by atoms with Crippen molar-refractivity contribution in [2.75, 3.05) is 61.4 Å². The summed E-state index contributed by atoms with van der Waals surface area (Å²) in [6.45, 7) is 6.36. The van der Waals surface area contributed by atoms with E-state index >= 15 is 0 Å². The number of carbonyl (C=O) groups excluding carboxylic acids is 3. The van der Waals surface area contributed by atoms with Crippen molar-refractivity contribution in [3.05, 3.63) is 214 Å². The van der Waals surface area contributed by atoms with Crippen molar-refractivity contribution in [2.45, 2.75) is 19.6 Å². The van der Waals surface area contributed by atoms with Gasteiger partial charge < -0.3 is 13.4 Å². The highest BCUT2D eigenvalue weighted by atomic mass is 16.1. The van der Waals surface area contributed by atoms with Gasteiger partial charge in [-0.25, -0.2) is 0 Å². The summed E-state index contributed by atoms with van der Waals surface area (Å²) in [5.74, 6) is 0.114. The summed E-state index contributed by atoms with van der Waals surface area (Å²) >= 11 is 0. The first-order chi connectivity index (χ1) is 27.3. The Labute approximate surface area is 339 Å². The maximum absolute atomic E-state index is 13.2. The van der Waals surface area contributed by atoms with Crippen LogP contribution in [0.25, 0.3) is 0 Å². The van der Waals surface area contributed by atoms with E-state index in [-0.39, 0.29) is 17.3 Å². The standard InChI is InChI=1S/C51H56N3O3/c1-52(2,37-40-21-27-46(28-22-40)49(55)43-15-9-6-10-16-43)33-35-54(5,39-42-25-31-48(32-26-42)51(57)45-19-13-8-14-20-45)36-34-53(3,4)38-41-23-29-47(30-24-41)50(56)44-17-11-7-12-18-44/h6-32H,33-39H2,1-5H3/q+3. The molecule has 6 rings (SSSR count). The maximum Gasteiger partial charge on any atom is 0.193 e. The van der Waals surface area contributed by atoms with Crippen molar-refractivity contribution < 1.29 is 27.8 Å². The number of carbonyl (C=O) groups is 3. The zero-order chi connectivity index (χ0) is 40.5. The molecule has 0 N–H and O–H groups in total. The van der Waals surface area contributed by atoms with Gasteiger partial charge in [-0.2, -0.15) is 0 Å². The minimum absolute atomic E-state index is 0.0347.